The van der Waals surface area contributed by atoms with E-state index in [2.05, 4.69) is 6.58 Å². The van der Waals surface area contributed by atoms with Crippen LogP contribution in [0.15, 0.2) is 54.6 Å². The number of carbonyl (C=O) groups excluding carboxylic acids is 1. The fourth-order valence-electron chi connectivity index (χ4n) is 2.65. The first kappa shape index (κ1) is 14.2. The number of carbonyl (C=O) groups is 1. The van der Waals surface area contributed by atoms with E-state index in [0.29, 0.717) is 11.3 Å². The third-order valence-corrected chi connectivity index (χ3v) is 3.96. The molecule has 0 saturated carbocycles. The van der Waals surface area contributed by atoms with Crippen LogP contribution in [0.3, 0.4) is 0 Å². The van der Waals surface area contributed by atoms with Gasteiger partial charge in [0.25, 0.3) is 5.91 Å². The zero-order valence-electron chi connectivity index (χ0n) is 12.5. The first-order valence-corrected chi connectivity index (χ1v) is 6.99. The molecular formula is C18H17NO3. The van der Waals surface area contributed by atoms with Crippen molar-refractivity contribution in [2.75, 3.05) is 12.0 Å². The van der Waals surface area contributed by atoms with Crippen LogP contribution < -0.4 is 9.64 Å². The number of β-lactam (4-membered cyclic amide) rings is 1. The summed E-state index contributed by atoms with van der Waals surface area (Å²) in [6.07, 6.45) is 0. The Hall–Kier alpha value is -2.75. The third kappa shape index (κ3) is 2.13. The molecule has 4 heteroatoms. The van der Waals surface area contributed by atoms with Crippen molar-refractivity contribution < 1.29 is 14.6 Å². The SMILES string of the molecule is C=C1C(=O)N(c2cccc(OC)c2)[C@H]1c1ccc(C)c(O)c1. The lowest BCUT2D eigenvalue weighted by Crippen LogP contribution is -2.48. The Morgan fingerprint density at radius 3 is 2.68 bits per heavy atom. The monoisotopic (exact) mass is 295 g/mol. The van der Waals surface area contributed by atoms with Crippen molar-refractivity contribution in [2.45, 2.75) is 13.0 Å². The molecule has 4 nitrogen and oxygen atoms in total. The maximum Gasteiger partial charge on any atom is 0.256 e. The molecule has 2 aromatic rings. The number of amides is 1. The van der Waals surface area contributed by atoms with Gasteiger partial charge in [-0.05, 0) is 36.2 Å². The van der Waals surface area contributed by atoms with Crippen LogP contribution in [-0.4, -0.2) is 18.1 Å². The van der Waals surface area contributed by atoms with Gasteiger partial charge in [0.05, 0.1) is 13.2 Å². The maximum absolute atomic E-state index is 12.2. The number of anilines is 1. The minimum atomic E-state index is -0.258. The second-order valence-corrected chi connectivity index (χ2v) is 5.35. The summed E-state index contributed by atoms with van der Waals surface area (Å²) in [5.74, 6) is 0.793. The van der Waals surface area contributed by atoms with E-state index in [4.69, 9.17) is 4.74 Å². The standard InChI is InChI=1S/C18H17NO3/c1-11-7-8-13(9-16(11)20)17-12(2)18(21)19(17)14-5-4-6-15(10-14)22-3/h4-10,17,20H,2H2,1,3H3/t17-/m1/s1. The maximum atomic E-state index is 12.2. The quantitative estimate of drug-likeness (QED) is 0.698. The van der Waals surface area contributed by atoms with Gasteiger partial charge < -0.3 is 9.84 Å². The van der Waals surface area contributed by atoms with Gasteiger partial charge in [0.15, 0.2) is 0 Å². The number of aromatic hydroxyl groups is 1. The highest BCUT2D eigenvalue weighted by Gasteiger charge is 2.42. The van der Waals surface area contributed by atoms with Gasteiger partial charge in [-0.15, -0.1) is 0 Å². The van der Waals surface area contributed by atoms with E-state index in [1.165, 1.54) is 0 Å². The minimum Gasteiger partial charge on any atom is -0.508 e. The molecule has 1 aliphatic rings. The number of phenolic OH excluding ortho intramolecular Hbond substituents is 1. The Kier molecular flexibility index (Phi) is 3.37. The van der Waals surface area contributed by atoms with Crippen LogP contribution in [-0.2, 0) is 4.79 Å². The number of phenols is 1. The molecule has 1 saturated heterocycles. The van der Waals surface area contributed by atoms with Gasteiger partial charge in [-0.2, -0.15) is 0 Å². The molecule has 0 bridgehead atoms. The molecule has 3 rings (SSSR count). The van der Waals surface area contributed by atoms with Crippen LogP contribution in [0.5, 0.6) is 11.5 Å². The predicted octanol–water partition coefficient (Wildman–Crippen LogP) is 3.35. The second kappa shape index (κ2) is 5.22. The average Bonchev–Trinajstić information content (AvgIpc) is 2.54. The van der Waals surface area contributed by atoms with Crippen molar-refractivity contribution in [3.8, 4) is 11.5 Å². The Balaban J connectivity index is 2.00. The van der Waals surface area contributed by atoms with E-state index in [-0.39, 0.29) is 17.7 Å². The highest BCUT2D eigenvalue weighted by Crippen LogP contribution is 2.43. The number of rotatable bonds is 3. The molecule has 0 unspecified atom stereocenters. The van der Waals surface area contributed by atoms with Gasteiger partial charge >= 0.3 is 0 Å². The van der Waals surface area contributed by atoms with E-state index in [1.54, 1.807) is 18.1 Å². The Bertz CT molecular complexity index is 767. The Labute approximate surface area is 129 Å². The third-order valence-electron chi connectivity index (χ3n) is 3.96. The summed E-state index contributed by atoms with van der Waals surface area (Å²) in [5, 5.41) is 9.91. The molecule has 1 fully saturated rings. The molecule has 112 valence electrons. The van der Waals surface area contributed by atoms with Crippen LogP contribution in [0.4, 0.5) is 5.69 Å². The summed E-state index contributed by atoms with van der Waals surface area (Å²) >= 11 is 0. The van der Waals surface area contributed by atoms with E-state index < -0.39 is 0 Å². The summed E-state index contributed by atoms with van der Waals surface area (Å²) in [5.41, 5.74) is 2.91. The van der Waals surface area contributed by atoms with Crippen LogP contribution in [0.25, 0.3) is 0 Å². The molecule has 22 heavy (non-hydrogen) atoms. The number of nitrogens with zero attached hydrogens (tertiary/aromatic N) is 1. The molecule has 0 aliphatic carbocycles. The number of methoxy groups -OCH3 is 1. The summed E-state index contributed by atoms with van der Waals surface area (Å²) in [7, 11) is 1.59. The molecule has 0 radical (unpaired) electrons. The van der Waals surface area contributed by atoms with E-state index in [9.17, 15) is 9.90 Å². The van der Waals surface area contributed by atoms with E-state index in [1.807, 2.05) is 43.3 Å². The summed E-state index contributed by atoms with van der Waals surface area (Å²) < 4.78 is 5.21. The van der Waals surface area contributed by atoms with Crippen molar-refractivity contribution in [2.24, 2.45) is 0 Å². The van der Waals surface area contributed by atoms with Crippen LogP contribution >= 0.6 is 0 Å². The summed E-state index contributed by atoms with van der Waals surface area (Å²) in [6.45, 7) is 5.70. The van der Waals surface area contributed by atoms with Crippen LogP contribution in [0.1, 0.15) is 17.2 Å². The van der Waals surface area contributed by atoms with Crippen molar-refractivity contribution >= 4 is 11.6 Å². The minimum absolute atomic E-state index is 0.113. The Morgan fingerprint density at radius 1 is 1.23 bits per heavy atom. The number of ether oxygens (including phenoxy) is 1. The van der Waals surface area contributed by atoms with Crippen LogP contribution in [0.2, 0.25) is 0 Å². The normalized spacial score (nSPS) is 17.4. The lowest BCUT2D eigenvalue weighted by atomic mass is 9.88. The number of benzene rings is 2. The van der Waals surface area contributed by atoms with Gasteiger partial charge in [-0.3, -0.25) is 9.69 Å². The molecule has 0 aromatic heterocycles. The zero-order chi connectivity index (χ0) is 15.9. The lowest BCUT2D eigenvalue weighted by molar-refractivity contribution is -0.118. The molecule has 1 N–H and O–H groups in total. The molecule has 1 heterocycles. The molecule has 0 spiro atoms. The highest BCUT2D eigenvalue weighted by molar-refractivity contribution is 6.15. The van der Waals surface area contributed by atoms with E-state index >= 15 is 0 Å². The van der Waals surface area contributed by atoms with Gasteiger partial charge in [0.2, 0.25) is 0 Å². The smallest absolute Gasteiger partial charge is 0.256 e. The van der Waals surface area contributed by atoms with Gasteiger partial charge in [-0.1, -0.05) is 24.8 Å². The Morgan fingerprint density at radius 2 is 2.00 bits per heavy atom. The predicted molar refractivity (Wildman–Crippen MR) is 85.2 cm³/mol. The van der Waals surface area contributed by atoms with Crippen molar-refractivity contribution in [3.63, 3.8) is 0 Å². The fraction of sp³-hybridized carbons (Fsp3) is 0.167. The van der Waals surface area contributed by atoms with Gasteiger partial charge in [0, 0.05) is 17.3 Å². The lowest BCUT2D eigenvalue weighted by Gasteiger charge is -2.42. The van der Waals surface area contributed by atoms with Crippen molar-refractivity contribution in [1.82, 2.24) is 0 Å². The molecule has 2 aromatic carbocycles. The molecule has 1 aliphatic heterocycles. The molecular weight excluding hydrogens is 278 g/mol. The van der Waals surface area contributed by atoms with Crippen LogP contribution in [0, 0.1) is 6.92 Å². The zero-order valence-corrected chi connectivity index (χ0v) is 12.5. The van der Waals surface area contributed by atoms with Gasteiger partial charge in [0.1, 0.15) is 11.5 Å². The summed E-state index contributed by atoms with van der Waals surface area (Å²) in [6, 6.07) is 12.5. The first-order valence-electron chi connectivity index (χ1n) is 6.99. The largest absolute Gasteiger partial charge is 0.508 e. The second-order valence-electron chi connectivity index (χ2n) is 5.35. The topological polar surface area (TPSA) is 49.8 Å². The molecule has 1 atom stereocenters. The highest BCUT2D eigenvalue weighted by atomic mass is 16.5. The first-order chi connectivity index (χ1) is 10.5. The van der Waals surface area contributed by atoms with Gasteiger partial charge in [-0.25, -0.2) is 0 Å². The number of hydrogen-bond donors (Lipinski definition) is 1. The number of hydrogen-bond acceptors (Lipinski definition) is 3. The average molecular weight is 295 g/mol. The summed E-state index contributed by atoms with van der Waals surface area (Å²) in [4.78, 5) is 13.9. The van der Waals surface area contributed by atoms with Crippen molar-refractivity contribution in [1.29, 1.82) is 0 Å². The van der Waals surface area contributed by atoms with E-state index in [0.717, 1.165) is 16.8 Å². The van der Waals surface area contributed by atoms with Crippen molar-refractivity contribution in [3.05, 3.63) is 65.7 Å². The molecule has 1 amide bonds. The fourth-order valence-corrected chi connectivity index (χ4v) is 2.65. The number of aryl methyl sites for hydroxylation is 1.